The van der Waals surface area contributed by atoms with E-state index in [1.165, 1.54) is 25.3 Å². The van der Waals surface area contributed by atoms with Crippen LogP contribution in [0.3, 0.4) is 0 Å². The summed E-state index contributed by atoms with van der Waals surface area (Å²) in [6, 6.07) is 3.91. The monoisotopic (exact) mass is 273 g/mol. The van der Waals surface area contributed by atoms with Gasteiger partial charge in [-0.3, -0.25) is 0 Å². The molecule has 88 valence electrons. The second kappa shape index (κ2) is 4.81. The second-order valence-electron chi connectivity index (χ2n) is 3.04. The zero-order valence-electron chi connectivity index (χ0n) is 8.62. The summed E-state index contributed by atoms with van der Waals surface area (Å²) in [6.45, 7) is 0. The fraction of sp³-hybridized carbons (Fsp3) is 0.100. The summed E-state index contributed by atoms with van der Waals surface area (Å²) in [5.74, 6) is -0.286. The average Bonchev–Trinajstić information content (AvgIpc) is 2.31. The molecule has 0 aliphatic heterocycles. The van der Waals surface area contributed by atoms with Gasteiger partial charge in [-0.05, 0) is 29.8 Å². The van der Waals surface area contributed by atoms with Crippen LogP contribution in [0.25, 0.3) is 11.4 Å². The Morgan fingerprint density at radius 1 is 1.18 bits per heavy atom. The zero-order valence-corrected chi connectivity index (χ0v) is 10.1. The molecule has 1 aromatic heterocycles. The molecule has 0 aliphatic carbocycles. The highest BCUT2D eigenvalue weighted by Gasteiger charge is 2.11. The number of aromatic nitrogens is 3. The van der Waals surface area contributed by atoms with Crippen LogP contribution >= 0.6 is 23.2 Å². The number of benzene rings is 1. The van der Waals surface area contributed by atoms with Crippen molar-refractivity contribution in [3.63, 3.8) is 0 Å². The van der Waals surface area contributed by atoms with Gasteiger partial charge in [0.05, 0.1) is 12.1 Å². The summed E-state index contributed by atoms with van der Waals surface area (Å²) in [7, 11) is 1.39. The number of hydrogen-bond donors (Lipinski definition) is 0. The molecule has 0 unspecified atom stereocenters. The molecule has 0 radical (unpaired) electrons. The van der Waals surface area contributed by atoms with Gasteiger partial charge in [0.15, 0.2) is 5.82 Å². The summed E-state index contributed by atoms with van der Waals surface area (Å²) < 4.78 is 18.0. The van der Waals surface area contributed by atoms with Gasteiger partial charge in [0, 0.05) is 5.56 Å². The first-order chi connectivity index (χ1) is 8.10. The van der Waals surface area contributed by atoms with Crippen molar-refractivity contribution in [2.45, 2.75) is 0 Å². The van der Waals surface area contributed by atoms with E-state index in [1.54, 1.807) is 0 Å². The van der Waals surface area contributed by atoms with E-state index in [0.717, 1.165) is 0 Å². The standard InChI is InChI=1S/C10H6Cl2FN3O/c1-17-10-15-8(14-9(12)16-10)6-4-5(13)2-3-7(6)11/h2-4H,1H3. The lowest BCUT2D eigenvalue weighted by Gasteiger charge is -2.04. The number of rotatable bonds is 2. The molecule has 0 saturated heterocycles. The minimum absolute atomic E-state index is 0.0420. The summed E-state index contributed by atoms with van der Waals surface area (Å²) in [5, 5.41) is 0.267. The minimum atomic E-state index is -0.445. The maximum Gasteiger partial charge on any atom is 0.321 e. The van der Waals surface area contributed by atoms with Crippen molar-refractivity contribution in [2.24, 2.45) is 0 Å². The quantitative estimate of drug-likeness (QED) is 0.844. The first kappa shape index (κ1) is 12.0. The lowest BCUT2D eigenvalue weighted by molar-refractivity contribution is 0.379. The molecule has 0 atom stereocenters. The first-order valence-corrected chi connectivity index (χ1v) is 5.26. The highest BCUT2D eigenvalue weighted by atomic mass is 35.5. The van der Waals surface area contributed by atoms with E-state index in [2.05, 4.69) is 15.0 Å². The van der Waals surface area contributed by atoms with E-state index < -0.39 is 5.82 Å². The van der Waals surface area contributed by atoms with Crippen LogP contribution in [0.15, 0.2) is 18.2 Å². The van der Waals surface area contributed by atoms with Gasteiger partial charge in [0.25, 0.3) is 0 Å². The van der Waals surface area contributed by atoms with E-state index in [9.17, 15) is 4.39 Å². The highest BCUT2D eigenvalue weighted by Crippen LogP contribution is 2.27. The molecule has 1 heterocycles. The van der Waals surface area contributed by atoms with Crippen LogP contribution in [-0.4, -0.2) is 22.1 Å². The maximum absolute atomic E-state index is 13.1. The smallest absolute Gasteiger partial charge is 0.321 e. The topological polar surface area (TPSA) is 47.9 Å². The molecule has 2 aromatic rings. The fourth-order valence-electron chi connectivity index (χ4n) is 1.21. The number of ether oxygens (including phenoxy) is 1. The van der Waals surface area contributed by atoms with E-state index in [-0.39, 0.29) is 17.1 Å². The Kier molecular flexibility index (Phi) is 3.40. The molecule has 0 amide bonds. The molecule has 17 heavy (non-hydrogen) atoms. The van der Waals surface area contributed by atoms with Crippen molar-refractivity contribution < 1.29 is 9.13 Å². The molecule has 0 bridgehead atoms. The summed E-state index contributed by atoms with van der Waals surface area (Å²) in [4.78, 5) is 11.5. The van der Waals surface area contributed by atoms with Crippen molar-refractivity contribution >= 4 is 23.2 Å². The van der Waals surface area contributed by atoms with Crippen LogP contribution in [0.4, 0.5) is 4.39 Å². The number of hydrogen-bond acceptors (Lipinski definition) is 4. The SMILES string of the molecule is COc1nc(Cl)nc(-c2cc(F)ccc2Cl)n1. The van der Waals surface area contributed by atoms with Crippen molar-refractivity contribution in [3.05, 3.63) is 34.3 Å². The average molecular weight is 274 g/mol. The Morgan fingerprint density at radius 2 is 1.94 bits per heavy atom. The molecule has 0 N–H and O–H groups in total. The lowest BCUT2D eigenvalue weighted by atomic mass is 10.2. The normalized spacial score (nSPS) is 10.4. The van der Waals surface area contributed by atoms with Crippen LogP contribution in [-0.2, 0) is 0 Å². The van der Waals surface area contributed by atoms with Gasteiger partial charge in [-0.1, -0.05) is 11.6 Å². The molecule has 0 spiro atoms. The predicted octanol–water partition coefficient (Wildman–Crippen LogP) is 2.99. The largest absolute Gasteiger partial charge is 0.467 e. The van der Waals surface area contributed by atoms with Gasteiger partial charge in [-0.2, -0.15) is 15.0 Å². The Labute approximate surface area is 106 Å². The summed E-state index contributed by atoms with van der Waals surface area (Å²) >= 11 is 11.6. The highest BCUT2D eigenvalue weighted by molar-refractivity contribution is 6.33. The molecule has 0 saturated carbocycles. The Bertz CT molecular complexity index is 565. The van der Waals surface area contributed by atoms with E-state index >= 15 is 0 Å². The van der Waals surface area contributed by atoms with E-state index in [1.807, 2.05) is 0 Å². The van der Waals surface area contributed by atoms with Gasteiger partial charge in [0.2, 0.25) is 5.28 Å². The van der Waals surface area contributed by atoms with Crippen molar-refractivity contribution in [2.75, 3.05) is 7.11 Å². The van der Waals surface area contributed by atoms with Gasteiger partial charge < -0.3 is 4.74 Å². The molecular weight excluding hydrogens is 268 g/mol. The van der Waals surface area contributed by atoms with Crippen LogP contribution in [0.5, 0.6) is 6.01 Å². The number of methoxy groups -OCH3 is 1. The maximum atomic E-state index is 13.1. The molecule has 2 rings (SSSR count). The van der Waals surface area contributed by atoms with Crippen LogP contribution in [0, 0.1) is 5.82 Å². The molecule has 0 aliphatic rings. The van der Waals surface area contributed by atoms with Gasteiger partial charge in [0.1, 0.15) is 5.82 Å². The van der Waals surface area contributed by atoms with Crippen LogP contribution in [0.1, 0.15) is 0 Å². The Morgan fingerprint density at radius 3 is 2.65 bits per heavy atom. The zero-order chi connectivity index (χ0) is 12.4. The van der Waals surface area contributed by atoms with Crippen molar-refractivity contribution in [3.8, 4) is 17.4 Å². The van der Waals surface area contributed by atoms with E-state index in [4.69, 9.17) is 27.9 Å². The van der Waals surface area contributed by atoms with Crippen molar-refractivity contribution in [1.29, 1.82) is 0 Å². The third-order valence-electron chi connectivity index (χ3n) is 1.94. The summed E-state index contributed by atoms with van der Waals surface area (Å²) in [6.07, 6.45) is 0. The number of nitrogens with zero attached hydrogens (tertiary/aromatic N) is 3. The van der Waals surface area contributed by atoms with E-state index in [0.29, 0.717) is 10.6 Å². The molecule has 1 aromatic carbocycles. The van der Waals surface area contributed by atoms with Crippen LogP contribution in [0.2, 0.25) is 10.3 Å². The molecule has 7 heteroatoms. The van der Waals surface area contributed by atoms with Crippen molar-refractivity contribution in [1.82, 2.24) is 15.0 Å². The molecular formula is C10H6Cl2FN3O. The Balaban J connectivity index is 2.59. The van der Waals surface area contributed by atoms with Gasteiger partial charge >= 0.3 is 6.01 Å². The molecule has 0 fully saturated rings. The second-order valence-corrected chi connectivity index (χ2v) is 3.78. The van der Waals surface area contributed by atoms with Gasteiger partial charge in [-0.25, -0.2) is 4.39 Å². The third kappa shape index (κ3) is 2.62. The minimum Gasteiger partial charge on any atom is -0.467 e. The fourth-order valence-corrected chi connectivity index (χ4v) is 1.57. The van der Waals surface area contributed by atoms with Gasteiger partial charge in [-0.15, -0.1) is 0 Å². The number of halogens is 3. The lowest BCUT2D eigenvalue weighted by Crippen LogP contribution is -1.98. The van der Waals surface area contributed by atoms with Crippen LogP contribution < -0.4 is 4.74 Å². The first-order valence-electron chi connectivity index (χ1n) is 4.51. The third-order valence-corrected chi connectivity index (χ3v) is 2.44. The summed E-state index contributed by atoms with van der Waals surface area (Å²) in [5.41, 5.74) is 0.328. The predicted molar refractivity (Wildman–Crippen MR) is 61.8 cm³/mol. The molecule has 4 nitrogen and oxygen atoms in total. The Hall–Kier alpha value is -1.46.